The summed E-state index contributed by atoms with van der Waals surface area (Å²) in [7, 11) is -1.25. The molecule has 0 aliphatic carbocycles. The molecule has 1 N–H and O–H groups in total. The van der Waals surface area contributed by atoms with Crippen LogP contribution in [-0.2, 0) is 10.0 Å². The Morgan fingerprint density at radius 1 is 1.17 bits per heavy atom. The Labute approximate surface area is 140 Å². The van der Waals surface area contributed by atoms with Gasteiger partial charge in [-0.25, -0.2) is 13.1 Å². The maximum atomic E-state index is 12.0. The molecule has 128 valence electrons. The molecule has 1 aromatic rings. The van der Waals surface area contributed by atoms with Gasteiger partial charge in [-0.15, -0.1) is 0 Å². The Bertz CT molecular complexity index is 594. The Kier molecular flexibility index (Phi) is 6.77. The number of likely N-dealkylation sites (N-methyl/N-ethyl adjacent to an activating group) is 1. The van der Waals surface area contributed by atoms with E-state index in [-0.39, 0.29) is 0 Å². The Morgan fingerprint density at radius 2 is 1.83 bits per heavy atom. The predicted molar refractivity (Wildman–Crippen MR) is 95.5 cm³/mol. The third kappa shape index (κ3) is 6.83. The zero-order valence-corrected chi connectivity index (χ0v) is 14.8. The quantitative estimate of drug-likeness (QED) is 0.818. The molecule has 2 rings (SSSR count). The van der Waals surface area contributed by atoms with Crippen LogP contribution in [0.2, 0.25) is 0 Å². The van der Waals surface area contributed by atoms with Gasteiger partial charge in [-0.1, -0.05) is 37.3 Å². The summed E-state index contributed by atoms with van der Waals surface area (Å²) in [4.78, 5) is 4.72. The van der Waals surface area contributed by atoms with E-state index in [9.17, 15) is 8.42 Å². The first-order valence-electron chi connectivity index (χ1n) is 8.08. The summed E-state index contributed by atoms with van der Waals surface area (Å²) in [6.07, 6.45) is 1.62. The van der Waals surface area contributed by atoms with Gasteiger partial charge in [0.2, 0.25) is 10.0 Å². The third-order valence-corrected chi connectivity index (χ3v) is 5.10. The molecule has 0 saturated carbocycles. The van der Waals surface area contributed by atoms with Crippen molar-refractivity contribution in [3.05, 3.63) is 41.3 Å². The summed E-state index contributed by atoms with van der Waals surface area (Å²) in [6, 6.07) is 9.43. The fraction of sp³-hybridized carbons (Fsp3) is 0.529. The molecule has 0 spiro atoms. The molecule has 1 fully saturated rings. The molecule has 1 aliphatic rings. The third-order valence-electron chi connectivity index (χ3n) is 4.04. The first kappa shape index (κ1) is 18.1. The average Bonchev–Trinajstić information content (AvgIpc) is 2.55. The predicted octanol–water partition coefficient (Wildman–Crippen LogP) is 1.46. The number of nitrogens with one attached hydrogen (secondary N) is 1. The minimum Gasteiger partial charge on any atom is -0.304 e. The topological polar surface area (TPSA) is 52.7 Å². The molecule has 1 unspecified atom stereocenters. The first-order chi connectivity index (χ1) is 10.9. The molecule has 0 amide bonds. The van der Waals surface area contributed by atoms with Crippen LogP contribution in [0, 0.1) is 5.92 Å². The van der Waals surface area contributed by atoms with Crippen LogP contribution in [0.4, 0.5) is 0 Å². The first-order valence-corrected chi connectivity index (χ1v) is 9.63. The molecule has 0 bridgehead atoms. The summed E-state index contributed by atoms with van der Waals surface area (Å²) < 4.78 is 26.7. The van der Waals surface area contributed by atoms with E-state index in [0.29, 0.717) is 12.5 Å². The molecule has 6 heteroatoms. The molecule has 5 nitrogen and oxygen atoms in total. The number of benzene rings is 1. The second-order valence-corrected chi connectivity index (χ2v) is 7.97. The van der Waals surface area contributed by atoms with Gasteiger partial charge in [0.15, 0.2) is 0 Å². The van der Waals surface area contributed by atoms with Crippen molar-refractivity contribution in [3.8, 4) is 0 Å². The van der Waals surface area contributed by atoms with Crippen LogP contribution in [0.5, 0.6) is 0 Å². The van der Waals surface area contributed by atoms with Crippen LogP contribution in [-0.4, -0.2) is 64.5 Å². The van der Waals surface area contributed by atoms with E-state index in [1.54, 1.807) is 6.08 Å². The molecule has 1 aromatic carbocycles. The van der Waals surface area contributed by atoms with Crippen molar-refractivity contribution in [2.24, 2.45) is 5.92 Å². The lowest BCUT2D eigenvalue weighted by Crippen LogP contribution is -2.46. The summed E-state index contributed by atoms with van der Waals surface area (Å²) in [5.74, 6) is 0.290. The zero-order chi connectivity index (χ0) is 16.7. The van der Waals surface area contributed by atoms with Crippen LogP contribution in [0.25, 0.3) is 6.08 Å². The molecular formula is C17H27N3O2S. The number of rotatable bonds is 7. The van der Waals surface area contributed by atoms with Crippen molar-refractivity contribution in [2.75, 3.05) is 46.3 Å². The fourth-order valence-electron chi connectivity index (χ4n) is 2.57. The van der Waals surface area contributed by atoms with Gasteiger partial charge in [0, 0.05) is 44.7 Å². The minimum atomic E-state index is -3.38. The number of nitrogens with zero attached hydrogens (tertiary/aromatic N) is 2. The average molecular weight is 337 g/mol. The SMILES string of the molecule is CC(CNS(=O)(=O)/C=C/c1ccccc1)CN1CCN(C)CC1. The molecule has 1 heterocycles. The van der Waals surface area contributed by atoms with Gasteiger partial charge in [0.05, 0.1) is 0 Å². The van der Waals surface area contributed by atoms with Crippen LogP contribution < -0.4 is 4.72 Å². The van der Waals surface area contributed by atoms with Crippen LogP contribution >= 0.6 is 0 Å². The van der Waals surface area contributed by atoms with Gasteiger partial charge in [-0.05, 0) is 24.6 Å². The molecule has 1 atom stereocenters. The monoisotopic (exact) mass is 337 g/mol. The van der Waals surface area contributed by atoms with Gasteiger partial charge in [-0.2, -0.15) is 0 Å². The second kappa shape index (κ2) is 8.59. The summed E-state index contributed by atoms with van der Waals surface area (Å²) in [6.45, 7) is 7.76. The van der Waals surface area contributed by atoms with E-state index < -0.39 is 10.0 Å². The van der Waals surface area contributed by atoms with Gasteiger partial charge >= 0.3 is 0 Å². The lowest BCUT2D eigenvalue weighted by Gasteiger charge is -2.33. The maximum Gasteiger partial charge on any atom is 0.233 e. The Morgan fingerprint density at radius 3 is 2.48 bits per heavy atom. The van der Waals surface area contributed by atoms with Crippen molar-refractivity contribution < 1.29 is 8.42 Å². The molecular weight excluding hydrogens is 310 g/mol. The van der Waals surface area contributed by atoms with Crippen molar-refractivity contribution in [3.63, 3.8) is 0 Å². The normalized spacial score (nSPS) is 19.2. The number of piperazine rings is 1. The van der Waals surface area contributed by atoms with Crippen LogP contribution in [0.15, 0.2) is 35.7 Å². The smallest absolute Gasteiger partial charge is 0.233 e. The number of hydrogen-bond acceptors (Lipinski definition) is 4. The van der Waals surface area contributed by atoms with E-state index in [2.05, 4.69) is 28.5 Å². The van der Waals surface area contributed by atoms with E-state index in [0.717, 1.165) is 38.3 Å². The lowest BCUT2D eigenvalue weighted by molar-refractivity contribution is 0.139. The summed E-state index contributed by atoms with van der Waals surface area (Å²) in [5, 5.41) is 1.24. The molecule has 0 radical (unpaired) electrons. The highest BCUT2D eigenvalue weighted by atomic mass is 32.2. The largest absolute Gasteiger partial charge is 0.304 e. The van der Waals surface area contributed by atoms with Crippen LogP contribution in [0.1, 0.15) is 12.5 Å². The van der Waals surface area contributed by atoms with Crippen molar-refractivity contribution >= 4 is 16.1 Å². The number of sulfonamides is 1. The summed E-state index contributed by atoms with van der Waals surface area (Å²) >= 11 is 0. The minimum absolute atomic E-state index is 0.290. The van der Waals surface area contributed by atoms with Crippen molar-refractivity contribution in [2.45, 2.75) is 6.92 Å². The highest BCUT2D eigenvalue weighted by Gasteiger charge is 2.17. The standard InChI is InChI=1S/C17H27N3O2S/c1-16(15-20-11-9-19(2)10-12-20)14-18-23(21,22)13-8-17-6-4-3-5-7-17/h3-8,13,16,18H,9-12,14-15H2,1-2H3/b13-8+. The fourth-order valence-corrected chi connectivity index (χ4v) is 3.52. The van der Waals surface area contributed by atoms with Gasteiger partial charge < -0.3 is 9.80 Å². The van der Waals surface area contributed by atoms with Gasteiger partial charge in [0.25, 0.3) is 0 Å². The van der Waals surface area contributed by atoms with Crippen LogP contribution in [0.3, 0.4) is 0 Å². The highest BCUT2D eigenvalue weighted by molar-refractivity contribution is 7.92. The second-order valence-electron chi connectivity index (χ2n) is 6.32. The Hall–Kier alpha value is -1.21. The number of hydrogen-bond donors (Lipinski definition) is 1. The van der Waals surface area contributed by atoms with E-state index in [4.69, 9.17) is 0 Å². The molecule has 23 heavy (non-hydrogen) atoms. The lowest BCUT2D eigenvalue weighted by atomic mass is 10.1. The summed E-state index contributed by atoms with van der Waals surface area (Å²) in [5.41, 5.74) is 0.878. The van der Waals surface area contributed by atoms with Crippen molar-refractivity contribution in [1.82, 2.24) is 14.5 Å². The van der Waals surface area contributed by atoms with Gasteiger partial charge in [-0.3, -0.25) is 0 Å². The van der Waals surface area contributed by atoms with Crippen molar-refractivity contribution in [1.29, 1.82) is 0 Å². The van der Waals surface area contributed by atoms with Gasteiger partial charge in [0.1, 0.15) is 0 Å². The molecule has 1 aliphatic heterocycles. The maximum absolute atomic E-state index is 12.0. The molecule has 1 saturated heterocycles. The van der Waals surface area contributed by atoms with E-state index in [1.807, 2.05) is 30.3 Å². The van der Waals surface area contributed by atoms with E-state index in [1.165, 1.54) is 5.41 Å². The Balaban J connectivity index is 1.76. The molecule has 0 aromatic heterocycles. The zero-order valence-electron chi connectivity index (χ0n) is 14.0. The highest BCUT2D eigenvalue weighted by Crippen LogP contribution is 2.06. The van der Waals surface area contributed by atoms with E-state index >= 15 is 0 Å².